The first-order chi connectivity index (χ1) is 5.02. The molecule has 1 rings (SSSR count). The molecule has 0 aromatic rings. The molecule has 0 aromatic heterocycles. The Hall–Kier alpha value is -0.250. The van der Waals surface area contributed by atoms with Crippen molar-refractivity contribution < 1.29 is 13.2 Å². The molecule has 2 atom stereocenters. The van der Waals surface area contributed by atoms with E-state index in [1.54, 1.807) is 6.92 Å². The van der Waals surface area contributed by atoms with Gasteiger partial charge in [0.05, 0.1) is 5.92 Å². The van der Waals surface area contributed by atoms with Crippen LogP contribution in [0.15, 0.2) is 0 Å². The van der Waals surface area contributed by atoms with Crippen molar-refractivity contribution in [2.45, 2.75) is 19.5 Å². The number of hydrogen-bond acceptors (Lipinski definition) is 1. The summed E-state index contributed by atoms with van der Waals surface area (Å²) in [6, 6.07) is 0. The molecule has 1 heterocycles. The molecule has 0 spiro atoms. The fourth-order valence-corrected chi connectivity index (χ4v) is 1.50. The van der Waals surface area contributed by atoms with E-state index in [2.05, 4.69) is 5.32 Å². The van der Waals surface area contributed by atoms with Crippen molar-refractivity contribution in [3.63, 3.8) is 0 Å². The molecule has 0 radical (unpaired) electrons. The van der Waals surface area contributed by atoms with Crippen LogP contribution in [-0.2, 0) is 0 Å². The zero-order valence-electron chi connectivity index (χ0n) is 6.41. The Morgan fingerprint density at radius 1 is 1.36 bits per heavy atom. The van der Waals surface area contributed by atoms with E-state index in [1.807, 2.05) is 0 Å². The molecule has 0 saturated carbocycles. The third-order valence-corrected chi connectivity index (χ3v) is 2.21. The Labute approximate surface area is 64.0 Å². The quantitative estimate of drug-likeness (QED) is 0.580. The monoisotopic (exact) mass is 167 g/mol. The minimum Gasteiger partial charge on any atom is -0.316 e. The molecule has 1 aliphatic rings. The van der Waals surface area contributed by atoms with Gasteiger partial charge in [-0.2, -0.15) is 13.2 Å². The number of halogens is 3. The van der Waals surface area contributed by atoms with E-state index in [0.29, 0.717) is 13.1 Å². The van der Waals surface area contributed by atoms with Gasteiger partial charge in [0.1, 0.15) is 0 Å². The van der Waals surface area contributed by atoms with Gasteiger partial charge in [0, 0.05) is 0 Å². The average Bonchev–Trinajstić information content (AvgIpc) is 1.86. The van der Waals surface area contributed by atoms with Crippen LogP contribution in [0, 0.1) is 11.8 Å². The van der Waals surface area contributed by atoms with Gasteiger partial charge in [-0.15, -0.1) is 0 Å². The summed E-state index contributed by atoms with van der Waals surface area (Å²) in [4.78, 5) is 0. The van der Waals surface area contributed by atoms with Gasteiger partial charge >= 0.3 is 6.18 Å². The summed E-state index contributed by atoms with van der Waals surface area (Å²) < 4.78 is 36.5. The molecular formula is C7H12F3N. The molecule has 1 saturated heterocycles. The molecule has 0 bridgehead atoms. The van der Waals surface area contributed by atoms with Gasteiger partial charge in [0.2, 0.25) is 0 Å². The molecule has 4 heteroatoms. The van der Waals surface area contributed by atoms with Crippen LogP contribution in [0.25, 0.3) is 0 Å². The minimum absolute atomic E-state index is 0.227. The molecule has 1 aliphatic heterocycles. The van der Waals surface area contributed by atoms with Gasteiger partial charge in [-0.25, -0.2) is 0 Å². The number of rotatable bonds is 0. The highest BCUT2D eigenvalue weighted by molar-refractivity contribution is 4.79. The Morgan fingerprint density at radius 3 is 2.36 bits per heavy atom. The third-order valence-electron chi connectivity index (χ3n) is 2.21. The van der Waals surface area contributed by atoms with E-state index in [0.717, 1.165) is 0 Å². The van der Waals surface area contributed by atoms with Crippen molar-refractivity contribution in [1.29, 1.82) is 0 Å². The van der Waals surface area contributed by atoms with E-state index in [4.69, 9.17) is 0 Å². The van der Waals surface area contributed by atoms with E-state index in [-0.39, 0.29) is 12.3 Å². The van der Waals surface area contributed by atoms with Crippen LogP contribution >= 0.6 is 0 Å². The van der Waals surface area contributed by atoms with Crippen LogP contribution in [0.3, 0.4) is 0 Å². The Kier molecular flexibility index (Phi) is 2.42. The van der Waals surface area contributed by atoms with Gasteiger partial charge in [-0.05, 0) is 25.4 Å². The van der Waals surface area contributed by atoms with Crippen LogP contribution in [0.4, 0.5) is 13.2 Å². The lowest BCUT2D eigenvalue weighted by Crippen LogP contribution is -2.41. The maximum Gasteiger partial charge on any atom is 0.392 e. The molecule has 0 amide bonds. The zero-order valence-corrected chi connectivity index (χ0v) is 6.41. The molecule has 66 valence electrons. The summed E-state index contributed by atoms with van der Waals surface area (Å²) in [5, 5.41) is 2.94. The second kappa shape index (κ2) is 3.01. The summed E-state index contributed by atoms with van der Waals surface area (Å²) in [7, 11) is 0. The van der Waals surface area contributed by atoms with E-state index >= 15 is 0 Å². The molecule has 0 aliphatic carbocycles. The summed E-state index contributed by atoms with van der Waals surface area (Å²) >= 11 is 0. The number of hydrogen-bond donors (Lipinski definition) is 1. The molecular weight excluding hydrogens is 155 g/mol. The van der Waals surface area contributed by atoms with Crippen LogP contribution < -0.4 is 5.32 Å². The lowest BCUT2D eigenvalue weighted by Gasteiger charge is -2.30. The molecule has 11 heavy (non-hydrogen) atoms. The first-order valence-electron chi connectivity index (χ1n) is 3.79. The van der Waals surface area contributed by atoms with Crippen molar-refractivity contribution in [3.8, 4) is 0 Å². The topological polar surface area (TPSA) is 12.0 Å². The predicted molar refractivity (Wildman–Crippen MR) is 36.2 cm³/mol. The van der Waals surface area contributed by atoms with Crippen LogP contribution in [0.1, 0.15) is 13.3 Å². The zero-order chi connectivity index (χ0) is 8.48. The average molecular weight is 167 g/mol. The number of piperidine rings is 1. The van der Waals surface area contributed by atoms with Gasteiger partial charge < -0.3 is 5.32 Å². The van der Waals surface area contributed by atoms with Crippen LogP contribution in [0.5, 0.6) is 0 Å². The number of alkyl halides is 3. The van der Waals surface area contributed by atoms with Crippen molar-refractivity contribution in [2.24, 2.45) is 11.8 Å². The van der Waals surface area contributed by atoms with Crippen molar-refractivity contribution in [3.05, 3.63) is 0 Å². The predicted octanol–water partition coefficient (Wildman–Crippen LogP) is 1.79. The molecule has 1 N–H and O–H groups in total. The highest BCUT2D eigenvalue weighted by Gasteiger charge is 2.43. The normalized spacial score (nSPS) is 33.8. The van der Waals surface area contributed by atoms with Crippen molar-refractivity contribution in [1.82, 2.24) is 5.32 Å². The molecule has 0 aromatic carbocycles. The van der Waals surface area contributed by atoms with Crippen LogP contribution in [0.2, 0.25) is 0 Å². The standard InChI is InChI=1S/C7H12F3N/c1-5-4-11-3-2-6(5)7(8,9)10/h5-6,11H,2-4H2,1H3. The fraction of sp³-hybridized carbons (Fsp3) is 1.00. The Balaban J connectivity index is 2.55. The summed E-state index contributed by atoms with van der Waals surface area (Å²) in [5.41, 5.74) is 0. The first kappa shape index (κ1) is 8.84. The van der Waals surface area contributed by atoms with Gasteiger partial charge in [0.25, 0.3) is 0 Å². The van der Waals surface area contributed by atoms with Crippen molar-refractivity contribution in [2.75, 3.05) is 13.1 Å². The van der Waals surface area contributed by atoms with Crippen molar-refractivity contribution >= 4 is 0 Å². The maximum atomic E-state index is 12.2. The summed E-state index contributed by atoms with van der Waals surface area (Å²) in [6.07, 6.45) is -3.77. The number of nitrogens with one attached hydrogen (secondary N) is 1. The first-order valence-corrected chi connectivity index (χ1v) is 3.79. The fourth-order valence-electron chi connectivity index (χ4n) is 1.50. The molecule has 2 unspecified atom stereocenters. The minimum atomic E-state index is -4.00. The summed E-state index contributed by atoms with van der Waals surface area (Å²) in [5.74, 6) is -1.37. The van der Waals surface area contributed by atoms with E-state index in [9.17, 15) is 13.2 Å². The van der Waals surface area contributed by atoms with E-state index in [1.165, 1.54) is 0 Å². The largest absolute Gasteiger partial charge is 0.392 e. The van der Waals surface area contributed by atoms with Gasteiger partial charge in [0.15, 0.2) is 0 Å². The van der Waals surface area contributed by atoms with E-state index < -0.39 is 12.1 Å². The molecule has 1 nitrogen and oxygen atoms in total. The Bertz CT molecular complexity index is 132. The Morgan fingerprint density at radius 2 is 2.00 bits per heavy atom. The third kappa shape index (κ3) is 2.09. The lowest BCUT2D eigenvalue weighted by molar-refractivity contribution is -0.192. The van der Waals surface area contributed by atoms with Gasteiger partial charge in [-0.3, -0.25) is 0 Å². The summed E-state index contributed by atoms with van der Waals surface area (Å²) in [6.45, 7) is 2.63. The smallest absolute Gasteiger partial charge is 0.316 e. The van der Waals surface area contributed by atoms with Crippen LogP contribution in [-0.4, -0.2) is 19.3 Å². The maximum absolute atomic E-state index is 12.2. The lowest BCUT2D eigenvalue weighted by atomic mass is 9.87. The molecule has 1 fully saturated rings. The highest BCUT2D eigenvalue weighted by Crippen LogP contribution is 2.35. The van der Waals surface area contributed by atoms with Gasteiger partial charge in [-0.1, -0.05) is 6.92 Å². The SMILES string of the molecule is CC1CNCCC1C(F)(F)F. The second-order valence-corrected chi connectivity index (χ2v) is 3.12. The second-order valence-electron chi connectivity index (χ2n) is 3.12. The highest BCUT2D eigenvalue weighted by atomic mass is 19.4.